The average Bonchev–Trinajstić information content (AvgIpc) is 2.86. The number of nitrogens with one attached hydrogen (secondary N) is 2. The summed E-state index contributed by atoms with van der Waals surface area (Å²) in [6, 6.07) is 3.71. The van der Waals surface area contributed by atoms with E-state index in [-0.39, 0.29) is 11.8 Å². The molecule has 2 N–H and O–H groups in total. The summed E-state index contributed by atoms with van der Waals surface area (Å²) in [5, 5.41) is 3.18. The highest BCUT2D eigenvalue weighted by Crippen LogP contribution is 2.21. The van der Waals surface area contributed by atoms with Crippen molar-refractivity contribution < 1.29 is 8.42 Å². The Morgan fingerprint density at radius 2 is 2.35 bits per heavy atom. The third-order valence-corrected chi connectivity index (χ3v) is 5.33. The molecule has 1 aromatic rings. The Morgan fingerprint density at radius 3 is 2.94 bits per heavy atom. The van der Waals surface area contributed by atoms with Crippen LogP contribution in [-0.4, -0.2) is 26.8 Å². The van der Waals surface area contributed by atoms with E-state index in [0.29, 0.717) is 10.9 Å². The van der Waals surface area contributed by atoms with E-state index in [4.69, 9.17) is 11.6 Å². The van der Waals surface area contributed by atoms with E-state index in [1.54, 1.807) is 6.07 Å². The van der Waals surface area contributed by atoms with Crippen molar-refractivity contribution in [2.75, 3.05) is 12.3 Å². The topological polar surface area (TPSA) is 58.2 Å². The molecule has 2 heterocycles. The van der Waals surface area contributed by atoms with Crippen LogP contribution in [0.15, 0.2) is 12.1 Å². The predicted octanol–water partition coefficient (Wildman–Crippen LogP) is 1.57. The standard InChI is InChI=1S/C10H15ClN2O2S2/c11-10-4-3-9(16-10)6-13-17(14,15)7-8-2-1-5-12-8/h3-4,8,12-13H,1-2,5-7H2. The zero-order valence-electron chi connectivity index (χ0n) is 9.28. The Labute approximate surface area is 110 Å². The molecule has 0 aromatic carbocycles. The van der Waals surface area contributed by atoms with Crippen LogP contribution in [0.2, 0.25) is 4.34 Å². The maximum Gasteiger partial charge on any atom is 0.213 e. The molecule has 1 saturated heterocycles. The van der Waals surface area contributed by atoms with E-state index in [1.165, 1.54) is 11.3 Å². The highest BCUT2D eigenvalue weighted by atomic mass is 35.5. The number of hydrogen-bond donors (Lipinski definition) is 2. The predicted molar refractivity (Wildman–Crippen MR) is 71.0 cm³/mol. The van der Waals surface area contributed by atoms with Gasteiger partial charge in [-0.2, -0.15) is 0 Å². The van der Waals surface area contributed by atoms with Crippen molar-refractivity contribution in [2.45, 2.75) is 25.4 Å². The summed E-state index contributed by atoms with van der Waals surface area (Å²) in [7, 11) is -3.20. The number of thiophene rings is 1. The van der Waals surface area contributed by atoms with Crippen LogP contribution < -0.4 is 10.0 Å². The zero-order chi connectivity index (χ0) is 12.3. The van der Waals surface area contributed by atoms with Gasteiger partial charge in [0.25, 0.3) is 0 Å². The minimum absolute atomic E-state index is 0.0967. The van der Waals surface area contributed by atoms with Crippen molar-refractivity contribution in [3.05, 3.63) is 21.3 Å². The molecule has 1 aliphatic heterocycles. The maximum absolute atomic E-state index is 11.8. The second-order valence-electron chi connectivity index (χ2n) is 4.10. The van der Waals surface area contributed by atoms with E-state index >= 15 is 0 Å². The van der Waals surface area contributed by atoms with Gasteiger partial charge in [-0.05, 0) is 31.5 Å². The van der Waals surface area contributed by atoms with Crippen molar-refractivity contribution in [1.29, 1.82) is 0 Å². The van der Waals surface area contributed by atoms with Gasteiger partial charge in [0.05, 0.1) is 10.1 Å². The summed E-state index contributed by atoms with van der Waals surface area (Å²) in [5.74, 6) is 0.159. The van der Waals surface area contributed by atoms with Gasteiger partial charge in [-0.3, -0.25) is 0 Å². The molecule has 0 radical (unpaired) electrons. The van der Waals surface area contributed by atoms with Crippen LogP contribution in [0.4, 0.5) is 0 Å². The first-order valence-electron chi connectivity index (χ1n) is 5.50. The molecule has 7 heteroatoms. The summed E-state index contributed by atoms with van der Waals surface area (Å²) in [4.78, 5) is 0.929. The van der Waals surface area contributed by atoms with Crippen molar-refractivity contribution in [3.63, 3.8) is 0 Å². The van der Waals surface area contributed by atoms with E-state index in [1.807, 2.05) is 6.07 Å². The molecule has 1 fully saturated rings. The van der Waals surface area contributed by atoms with Crippen LogP contribution >= 0.6 is 22.9 Å². The fourth-order valence-electron chi connectivity index (χ4n) is 1.85. The quantitative estimate of drug-likeness (QED) is 0.867. The summed E-state index contributed by atoms with van der Waals surface area (Å²) in [5.41, 5.74) is 0. The van der Waals surface area contributed by atoms with Crippen LogP contribution in [0.25, 0.3) is 0 Å². The van der Waals surface area contributed by atoms with Crippen molar-refractivity contribution >= 4 is 33.0 Å². The molecule has 1 atom stereocenters. The summed E-state index contributed by atoms with van der Waals surface area (Å²) < 4.78 is 26.9. The van der Waals surface area contributed by atoms with Gasteiger partial charge >= 0.3 is 0 Å². The van der Waals surface area contributed by atoms with Crippen molar-refractivity contribution in [2.24, 2.45) is 0 Å². The van der Waals surface area contributed by atoms with E-state index < -0.39 is 10.0 Å². The molecule has 0 spiro atoms. The average molecular weight is 295 g/mol. The first kappa shape index (κ1) is 13.3. The molecular formula is C10H15ClN2O2S2. The lowest BCUT2D eigenvalue weighted by molar-refractivity contribution is 0.564. The Morgan fingerprint density at radius 1 is 1.53 bits per heavy atom. The Kier molecular flexibility index (Phi) is 4.43. The molecule has 0 amide bonds. The molecule has 4 nitrogen and oxygen atoms in total. The molecule has 0 saturated carbocycles. The van der Waals surface area contributed by atoms with Gasteiger partial charge in [-0.1, -0.05) is 11.6 Å². The van der Waals surface area contributed by atoms with Gasteiger partial charge in [0.1, 0.15) is 0 Å². The molecule has 1 unspecified atom stereocenters. The van der Waals surface area contributed by atoms with Crippen molar-refractivity contribution in [3.8, 4) is 0 Å². The summed E-state index contributed by atoms with van der Waals surface area (Å²) in [6.07, 6.45) is 1.99. The first-order chi connectivity index (χ1) is 8.05. The van der Waals surface area contributed by atoms with Crippen LogP contribution in [-0.2, 0) is 16.6 Å². The second-order valence-corrected chi connectivity index (χ2v) is 7.75. The normalized spacial score (nSPS) is 20.9. The molecule has 1 aromatic heterocycles. The van der Waals surface area contributed by atoms with Gasteiger partial charge in [0.15, 0.2) is 0 Å². The molecule has 17 heavy (non-hydrogen) atoms. The van der Waals surface area contributed by atoms with Gasteiger partial charge in [0, 0.05) is 17.5 Å². The molecule has 0 aliphatic carbocycles. The lowest BCUT2D eigenvalue weighted by Crippen LogP contribution is -2.36. The highest BCUT2D eigenvalue weighted by Gasteiger charge is 2.21. The maximum atomic E-state index is 11.8. The molecule has 96 valence electrons. The van der Waals surface area contributed by atoms with Crippen LogP contribution in [0.5, 0.6) is 0 Å². The van der Waals surface area contributed by atoms with E-state index in [9.17, 15) is 8.42 Å². The SMILES string of the molecule is O=S(=O)(CC1CCCN1)NCc1ccc(Cl)s1. The summed E-state index contributed by atoms with van der Waals surface area (Å²) in [6.45, 7) is 1.24. The van der Waals surface area contributed by atoms with Crippen LogP contribution in [0.1, 0.15) is 17.7 Å². The van der Waals surface area contributed by atoms with Crippen LogP contribution in [0.3, 0.4) is 0 Å². The summed E-state index contributed by atoms with van der Waals surface area (Å²) >= 11 is 7.17. The minimum Gasteiger partial charge on any atom is -0.313 e. The Bertz CT molecular complexity index is 466. The van der Waals surface area contributed by atoms with Gasteiger partial charge in [0.2, 0.25) is 10.0 Å². The lowest BCUT2D eigenvalue weighted by atomic mass is 10.3. The Hall–Kier alpha value is -0.140. The smallest absolute Gasteiger partial charge is 0.213 e. The third-order valence-electron chi connectivity index (χ3n) is 2.68. The fourth-order valence-corrected chi connectivity index (χ4v) is 4.28. The number of sulfonamides is 1. The van der Waals surface area contributed by atoms with E-state index in [0.717, 1.165) is 24.3 Å². The first-order valence-corrected chi connectivity index (χ1v) is 8.35. The fraction of sp³-hybridized carbons (Fsp3) is 0.600. The van der Waals surface area contributed by atoms with Gasteiger partial charge in [-0.15, -0.1) is 11.3 Å². The number of rotatable bonds is 5. The molecule has 2 rings (SSSR count). The largest absolute Gasteiger partial charge is 0.313 e. The lowest BCUT2D eigenvalue weighted by Gasteiger charge is -2.11. The Balaban J connectivity index is 1.84. The van der Waals surface area contributed by atoms with E-state index in [2.05, 4.69) is 10.0 Å². The van der Waals surface area contributed by atoms with Gasteiger partial charge in [-0.25, -0.2) is 13.1 Å². The van der Waals surface area contributed by atoms with Gasteiger partial charge < -0.3 is 5.32 Å². The van der Waals surface area contributed by atoms with Crippen LogP contribution in [0, 0.1) is 0 Å². The third kappa shape index (κ3) is 4.22. The number of hydrogen-bond acceptors (Lipinski definition) is 4. The number of halogens is 1. The molecular weight excluding hydrogens is 280 g/mol. The second kappa shape index (κ2) is 5.67. The minimum atomic E-state index is -3.20. The monoisotopic (exact) mass is 294 g/mol. The highest BCUT2D eigenvalue weighted by molar-refractivity contribution is 7.89. The molecule has 1 aliphatic rings. The molecule has 0 bridgehead atoms. The van der Waals surface area contributed by atoms with Crippen molar-refractivity contribution in [1.82, 2.24) is 10.0 Å². The zero-order valence-corrected chi connectivity index (χ0v) is 11.7.